The first kappa shape index (κ1) is 21.2. The zero-order valence-corrected chi connectivity index (χ0v) is 16.1. The van der Waals surface area contributed by atoms with Crippen molar-refractivity contribution in [1.82, 2.24) is 5.43 Å². The Kier molecular flexibility index (Phi) is 6.74. The number of methoxy groups -OCH3 is 1. The minimum Gasteiger partial charge on any atom is -0.493 e. The van der Waals surface area contributed by atoms with E-state index in [-0.39, 0.29) is 22.9 Å². The van der Waals surface area contributed by atoms with E-state index in [0.29, 0.717) is 5.56 Å². The van der Waals surface area contributed by atoms with E-state index in [2.05, 4.69) is 15.8 Å². The Balaban J connectivity index is 1.58. The molecular weight excluding hydrogens is 409 g/mol. The van der Waals surface area contributed by atoms with Crippen molar-refractivity contribution in [3.8, 4) is 11.5 Å². The Hall–Kier alpha value is -4.47. The Morgan fingerprint density at radius 2 is 1.81 bits per heavy atom. The van der Waals surface area contributed by atoms with E-state index in [0.717, 1.165) is 12.1 Å². The Bertz CT molecular complexity index is 1110. The highest BCUT2D eigenvalue weighted by atomic mass is 19.1. The number of amides is 2. The first-order chi connectivity index (χ1) is 15.0. The fraction of sp³-hybridized carbons (Fsp3) is 0.0476. The molecule has 31 heavy (non-hydrogen) atoms. The number of benzene rings is 2. The molecule has 2 aromatic carbocycles. The van der Waals surface area contributed by atoms with Crippen LogP contribution < -0.4 is 20.2 Å². The highest BCUT2D eigenvalue weighted by Gasteiger charge is 2.15. The lowest BCUT2D eigenvalue weighted by Crippen LogP contribution is -2.32. The average Bonchev–Trinajstić information content (AvgIpc) is 3.31. The van der Waals surface area contributed by atoms with Gasteiger partial charge >= 0.3 is 17.8 Å². The minimum atomic E-state index is -1.02. The molecule has 1 aromatic heterocycles. The van der Waals surface area contributed by atoms with Crippen molar-refractivity contribution in [1.29, 1.82) is 0 Å². The van der Waals surface area contributed by atoms with E-state index >= 15 is 0 Å². The maximum absolute atomic E-state index is 12.9. The van der Waals surface area contributed by atoms with Crippen molar-refractivity contribution >= 4 is 29.7 Å². The molecule has 0 saturated carbocycles. The normalized spacial score (nSPS) is 10.5. The van der Waals surface area contributed by atoms with Gasteiger partial charge in [0.05, 0.1) is 19.6 Å². The van der Waals surface area contributed by atoms with Gasteiger partial charge in [0.25, 0.3) is 0 Å². The van der Waals surface area contributed by atoms with Crippen LogP contribution in [0.5, 0.6) is 11.5 Å². The molecule has 3 aromatic rings. The van der Waals surface area contributed by atoms with Crippen LogP contribution in [0.15, 0.2) is 70.4 Å². The number of hydrogen-bond acceptors (Lipinski definition) is 7. The third-order valence-electron chi connectivity index (χ3n) is 3.80. The molecule has 0 fully saturated rings. The van der Waals surface area contributed by atoms with Crippen LogP contribution in [0.25, 0.3) is 0 Å². The molecule has 0 saturated heterocycles. The third kappa shape index (κ3) is 5.76. The molecular formula is C21H16FN3O6. The third-order valence-corrected chi connectivity index (χ3v) is 3.80. The van der Waals surface area contributed by atoms with Gasteiger partial charge in [-0.25, -0.2) is 14.6 Å². The van der Waals surface area contributed by atoms with Gasteiger partial charge in [-0.1, -0.05) is 0 Å². The lowest BCUT2D eigenvalue weighted by atomic mass is 10.2. The molecule has 3 rings (SSSR count). The van der Waals surface area contributed by atoms with E-state index in [4.69, 9.17) is 13.9 Å². The van der Waals surface area contributed by atoms with Gasteiger partial charge in [0, 0.05) is 5.69 Å². The molecule has 10 heteroatoms. The lowest BCUT2D eigenvalue weighted by molar-refractivity contribution is -0.136. The molecule has 0 bridgehead atoms. The number of hydrazone groups is 1. The summed E-state index contributed by atoms with van der Waals surface area (Å²) in [6, 6.07) is 12.5. The molecule has 0 radical (unpaired) electrons. The standard InChI is InChI=1S/C21H16FN3O6/c1-29-18-11-13(4-9-16(18)31-21(28)17-3-2-10-30-17)12-23-25-20(27)19(26)24-15-7-5-14(22)6-8-15/h2-12H,1H3,(H,24,26)(H,25,27). The van der Waals surface area contributed by atoms with Gasteiger partial charge in [-0.15, -0.1) is 0 Å². The number of anilines is 1. The Labute approximate surface area is 175 Å². The predicted octanol–water partition coefficient (Wildman–Crippen LogP) is 2.74. The number of furan rings is 1. The number of esters is 1. The second-order valence-corrected chi connectivity index (χ2v) is 5.94. The van der Waals surface area contributed by atoms with Crippen molar-refractivity contribution in [3.05, 3.63) is 78.0 Å². The first-order valence-corrected chi connectivity index (χ1v) is 8.80. The number of hydrogen-bond donors (Lipinski definition) is 2. The molecule has 2 amide bonds. The van der Waals surface area contributed by atoms with Gasteiger partial charge in [-0.3, -0.25) is 9.59 Å². The summed E-state index contributed by atoms with van der Waals surface area (Å²) in [6.45, 7) is 0. The van der Waals surface area contributed by atoms with Crippen LogP contribution in [0, 0.1) is 5.82 Å². The van der Waals surface area contributed by atoms with Crippen molar-refractivity contribution in [3.63, 3.8) is 0 Å². The summed E-state index contributed by atoms with van der Waals surface area (Å²) in [5.41, 5.74) is 2.82. The van der Waals surface area contributed by atoms with Gasteiger partial charge < -0.3 is 19.2 Å². The van der Waals surface area contributed by atoms with Crippen LogP contribution >= 0.6 is 0 Å². The van der Waals surface area contributed by atoms with Crippen molar-refractivity contribution in [2.24, 2.45) is 5.10 Å². The van der Waals surface area contributed by atoms with Gasteiger partial charge in [0.15, 0.2) is 11.5 Å². The minimum absolute atomic E-state index is 0.0364. The molecule has 0 aliphatic rings. The van der Waals surface area contributed by atoms with Crippen LogP contribution in [0.4, 0.5) is 10.1 Å². The zero-order chi connectivity index (χ0) is 22.2. The number of ether oxygens (including phenoxy) is 2. The maximum atomic E-state index is 12.9. The molecule has 1 heterocycles. The van der Waals surface area contributed by atoms with E-state index in [1.165, 1.54) is 49.9 Å². The van der Waals surface area contributed by atoms with E-state index in [9.17, 15) is 18.8 Å². The molecule has 9 nitrogen and oxygen atoms in total. The second kappa shape index (κ2) is 9.83. The fourth-order valence-electron chi connectivity index (χ4n) is 2.33. The van der Waals surface area contributed by atoms with Crippen LogP contribution in [-0.2, 0) is 9.59 Å². The molecule has 0 atom stereocenters. The summed E-state index contributed by atoms with van der Waals surface area (Å²) >= 11 is 0. The maximum Gasteiger partial charge on any atom is 0.379 e. The summed E-state index contributed by atoms with van der Waals surface area (Å²) in [4.78, 5) is 35.6. The summed E-state index contributed by atoms with van der Waals surface area (Å²) in [7, 11) is 1.39. The van der Waals surface area contributed by atoms with Crippen LogP contribution in [0.2, 0.25) is 0 Å². The number of nitrogens with one attached hydrogen (secondary N) is 2. The highest BCUT2D eigenvalue weighted by molar-refractivity contribution is 6.39. The quantitative estimate of drug-likeness (QED) is 0.206. The fourth-order valence-corrected chi connectivity index (χ4v) is 2.33. The molecule has 158 valence electrons. The van der Waals surface area contributed by atoms with Gasteiger partial charge in [0.1, 0.15) is 5.82 Å². The summed E-state index contributed by atoms with van der Waals surface area (Å²) in [5.74, 6) is -2.71. The number of rotatable bonds is 6. The van der Waals surface area contributed by atoms with E-state index < -0.39 is 23.6 Å². The molecule has 2 N–H and O–H groups in total. The van der Waals surface area contributed by atoms with Crippen LogP contribution in [0.3, 0.4) is 0 Å². The summed E-state index contributed by atoms with van der Waals surface area (Å²) < 4.78 is 28.3. The average molecular weight is 425 g/mol. The van der Waals surface area contributed by atoms with E-state index in [1.54, 1.807) is 12.1 Å². The Morgan fingerprint density at radius 3 is 2.48 bits per heavy atom. The SMILES string of the molecule is COc1cc(C=NNC(=O)C(=O)Nc2ccc(F)cc2)ccc1OC(=O)c1ccco1. The molecule has 0 unspecified atom stereocenters. The van der Waals surface area contributed by atoms with Gasteiger partial charge in [-0.2, -0.15) is 5.10 Å². The summed E-state index contributed by atoms with van der Waals surface area (Å²) in [5, 5.41) is 6.01. The van der Waals surface area contributed by atoms with Gasteiger partial charge in [0.2, 0.25) is 5.76 Å². The van der Waals surface area contributed by atoms with Crippen LogP contribution in [-0.4, -0.2) is 31.1 Å². The number of halogens is 1. The number of nitrogens with zero attached hydrogens (tertiary/aromatic N) is 1. The lowest BCUT2D eigenvalue weighted by Gasteiger charge is -2.09. The zero-order valence-electron chi connectivity index (χ0n) is 16.1. The first-order valence-electron chi connectivity index (χ1n) is 8.80. The number of carbonyl (C=O) groups is 3. The highest BCUT2D eigenvalue weighted by Crippen LogP contribution is 2.28. The van der Waals surface area contributed by atoms with Crippen molar-refractivity contribution < 1.29 is 32.7 Å². The molecule has 0 aliphatic heterocycles. The van der Waals surface area contributed by atoms with Crippen LogP contribution in [0.1, 0.15) is 16.1 Å². The second-order valence-electron chi connectivity index (χ2n) is 5.94. The molecule has 0 spiro atoms. The van der Waals surface area contributed by atoms with E-state index in [1.807, 2.05) is 0 Å². The number of carbonyl (C=O) groups excluding carboxylic acids is 3. The van der Waals surface area contributed by atoms with Crippen molar-refractivity contribution in [2.75, 3.05) is 12.4 Å². The Morgan fingerprint density at radius 1 is 1.03 bits per heavy atom. The smallest absolute Gasteiger partial charge is 0.379 e. The summed E-state index contributed by atoms with van der Waals surface area (Å²) in [6.07, 6.45) is 2.62. The predicted molar refractivity (Wildman–Crippen MR) is 107 cm³/mol. The molecule has 0 aliphatic carbocycles. The van der Waals surface area contributed by atoms with Gasteiger partial charge in [-0.05, 0) is 60.2 Å². The topological polar surface area (TPSA) is 119 Å². The largest absolute Gasteiger partial charge is 0.493 e. The van der Waals surface area contributed by atoms with Crippen molar-refractivity contribution in [2.45, 2.75) is 0 Å². The monoisotopic (exact) mass is 425 g/mol.